The van der Waals surface area contributed by atoms with Gasteiger partial charge in [-0.15, -0.1) is 0 Å². The smallest absolute Gasteiger partial charge is 0.338 e. The molecule has 0 aliphatic carbocycles. The number of hydrogen-bond donors (Lipinski definition) is 2. The molecule has 2 aromatic carbocycles. The molecule has 33 heavy (non-hydrogen) atoms. The van der Waals surface area contributed by atoms with Gasteiger partial charge in [0, 0.05) is 12.3 Å². The summed E-state index contributed by atoms with van der Waals surface area (Å²) >= 11 is 0. The van der Waals surface area contributed by atoms with Crippen LogP contribution in [-0.2, 0) is 20.9 Å². The highest BCUT2D eigenvalue weighted by atomic mass is 16.6. The van der Waals surface area contributed by atoms with E-state index in [0.717, 1.165) is 18.4 Å². The number of ether oxygens (including phenoxy) is 4. The Morgan fingerprint density at radius 3 is 2.70 bits per heavy atom. The number of carbonyl (C=O) groups is 2. The van der Waals surface area contributed by atoms with Gasteiger partial charge in [0.25, 0.3) is 0 Å². The van der Waals surface area contributed by atoms with Crippen LogP contribution in [0.4, 0.5) is 4.79 Å². The Bertz CT molecular complexity index is 1030. The van der Waals surface area contributed by atoms with Crippen LogP contribution in [0.2, 0.25) is 0 Å². The molecule has 2 aliphatic heterocycles. The summed E-state index contributed by atoms with van der Waals surface area (Å²) < 4.78 is 22.5. The largest absolute Gasteiger partial charge is 0.493 e. The second-order valence-electron chi connectivity index (χ2n) is 7.99. The fourth-order valence-electron chi connectivity index (χ4n) is 3.95. The van der Waals surface area contributed by atoms with E-state index in [-0.39, 0.29) is 12.7 Å². The number of hydrogen-bond acceptors (Lipinski definition) is 6. The maximum atomic E-state index is 13.0. The van der Waals surface area contributed by atoms with E-state index in [1.165, 1.54) is 0 Å². The Kier molecular flexibility index (Phi) is 7.14. The van der Waals surface area contributed by atoms with Gasteiger partial charge >= 0.3 is 12.0 Å². The molecule has 2 atom stereocenters. The normalized spacial score (nSPS) is 20.1. The van der Waals surface area contributed by atoms with Crippen molar-refractivity contribution >= 4 is 12.0 Å². The van der Waals surface area contributed by atoms with Crippen molar-refractivity contribution in [2.45, 2.75) is 38.5 Å². The van der Waals surface area contributed by atoms with E-state index in [1.807, 2.05) is 30.3 Å². The highest BCUT2D eigenvalue weighted by Gasteiger charge is 2.33. The molecule has 2 aliphatic rings. The van der Waals surface area contributed by atoms with Crippen molar-refractivity contribution in [2.24, 2.45) is 0 Å². The Morgan fingerprint density at radius 1 is 1.15 bits per heavy atom. The Morgan fingerprint density at radius 2 is 1.97 bits per heavy atom. The van der Waals surface area contributed by atoms with Crippen molar-refractivity contribution in [1.82, 2.24) is 10.6 Å². The zero-order chi connectivity index (χ0) is 23.2. The summed E-state index contributed by atoms with van der Waals surface area (Å²) in [6.45, 7) is 2.94. The first-order valence-corrected chi connectivity index (χ1v) is 11.0. The SMILES string of the molecule is COc1cc([C@@H]2NC(=O)NC(C)=C2C(=O)OC[C@@H]2CCCO2)ccc1OCc1ccccc1. The summed E-state index contributed by atoms with van der Waals surface area (Å²) in [5.41, 5.74) is 2.50. The van der Waals surface area contributed by atoms with Crippen molar-refractivity contribution in [3.8, 4) is 11.5 Å². The lowest BCUT2D eigenvalue weighted by molar-refractivity contribution is -0.142. The lowest BCUT2D eigenvalue weighted by Gasteiger charge is -2.28. The van der Waals surface area contributed by atoms with E-state index in [4.69, 9.17) is 18.9 Å². The minimum atomic E-state index is -0.687. The molecule has 8 heteroatoms. The van der Waals surface area contributed by atoms with Crippen LogP contribution in [0.3, 0.4) is 0 Å². The molecular weight excluding hydrogens is 424 g/mol. The van der Waals surface area contributed by atoms with Gasteiger partial charge < -0.3 is 29.6 Å². The van der Waals surface area contributed by atoms with Crippen molar-refractivity contribution in [1.29, 1.82) is 0 Å². The highest BCUT2D eigenvalue weighted by Crippen LogP contribution is 2.35. The second kappa shape index (κ2) is 10.4. The fourth-order valence-corrected chi connectivity index (χ4v) is 3.95. The van der Waals surface area contributed by atoms with Gasteiger partial charge in [-0.3, -0.25) is 0 Å². The monoisotopic (exact) mass is 452 g/mol. The minimum Gasteiger partial charge on any atom is -0.493 e. The molecule has 174 valence electrons. The van der Waals surface area contributed by atoms with E-state index >= 15 is 0 Å². The van der Waals surface area contributed by atoms with Crippen molar-refractivity contribution in [3.05, 3.63) is 70.9 Å². The first-order chi connectivity index (χ1) is 16.0. The minimum absolute atomic E-state index is 0.0828. The van der Waals surface area contributed by atoms with Crippen LogP contribution < -0.4 is 20.1 Å². The van der Waals surface area contributed by atoms with E-state index in [2.05, 4.69) is 10.6 Å². The van der Waals surface area contributed by atoms with Gasteiger partial charge in [0.05, 0.1) is 24.8 Å². The number of urea groups is 1. The number of methoxy groups -OCH3 is 1. The number of allylic oxidation sites excluding steroid dienone is 1. The summed E-state index contributed by atoms with van der Waals surface area (Å²) in [6.07, 6.45) is 1.74. The highest BCUT2D eigenvalue weighted by molar-refractivity contribution is 5.95. The molecule has 8 nitrogen and oxygen atoms in total. The zero-order valence-corrected chi connectivity index (χ0v) is 18.8. The van der Waals surface area contributed by atoms with Gasteiger partial charge in [0.2, 0.25) is 0 Å². The standard InChI is InChI=1S/C25H28N2O6/c1-16-22(24(28)33-15-19-9-6-12-31-19)23(27-25(29)26-16)18-10-11-20(21(13-18)30-2)32-14-17-7-4-3-5-8-17/h3-5,7-8,10-11,13,19,23H,6,9,12,14-15H2,1-2H3,(H2,26,27,29)/t19-,23-/m0/s1. The number of nitrogens with one attached hydrogen (secondary N) is 2. The number of amides is 2. The van der Waals surface area contributed by atoms with Gasteiger partial charge in [-0.05, 0) is 43.0 Å². The van der Waals surface area contributed by atoms with Crippen LogP contribution in [0.25, 0.3) is 0 Å². The van der Waals surface area contributed by atoms with Crippen molar-refractivity contribution < 1.29 is 28.5 Å². The maximum Gasteiger partial charge on any atom is 0.338 e. The number of rotatable bonds is 8. The van der Waals surface area contributed by atoms with Gasteiger partial charge in [0.15, 0.2) is 11.5 Å². The average molecular weight is 453 g/mol. The third-order valence-electron chi connectivity index (χ3n) is 5.67. The number of benzene rings is 2. The van der Waals surface area contributed by atoms with E-state index < -0.39 is 18.0 Å². The molecule has 0 radical (unpaired) electrons. The summed E-state index contributed by atoms with van der Waals surface area (Å²) in [5, 5.41) is 5.47. The Labute approximate surface area is 192 Å². The van der Waals surface area contributed by atoms with Crippen LogP contribution >= 0.6 is 0 Å². The van der Waals surface area contributed by atoms with Crippen LogP contribution in [0.15, 0.2) is 59.8 Å². The molecule has 2 amide bonds. The predicted molar refractivity (Wildman–Crippen MR) is 121 cm³/mol. The molecule has 0 spiro atoms. The summed E-state index contributed by atoms with van der Waals surface area (Å²) in [4.78, 5) is 25.1. The third kappa shape index (κ3) is 5.46. The number of esters is 1. The molecule has 2 heterocycles. The summed E-state index contributed by atoms with van der Waals surface area (Å²) in [7, 11) is 1.55. The first-order valence-electron chi connectivity index (χ1n) is 11.0. The predicted octanol–water partition coefficient (Wildman–Crippen LogP) is 3.62. The lowest BCUT2D eigenvalue weighted by atomic mass is 9.95. The average Bonchev–Trinajstić information content (AvgIpc) is 3.35. The third-order valence-corrected chi connectivity index (χ3v) is 5.67. The lowest BCUT2D eigenvalue weighted by Crippen LogP contribution is -2.45. The maximum absolute atomic E-state index is 13.0. The quantitative estimate of drug-likeness (QED) is 0.594. The molecule has 0 unspecified atom stereocenters. The molecule has 0 saturated carbocycles. The van der Waals surface area contributed by atoms with Crippen LogP contribution in [0, 0.1) is 0 Å². The fraction of sp³-hybridized carbons (Fsp3) is 0.360. The van der Waals surface area contributed by atoms with E-state index in [0.29, 0.717) is 41.5 Å². The molecule has 4 rings (SSSR count). The zero-order valence-electron chi connectivity index (χ0n) is 18.8. The summed E-state index contributed by atoms with van der Waals surface area (Å²) in [5.74, 6) is 0.568. The van der Waals surface area contributed by atoms with Gasteiger partial charge in [-0.25, -0.2) is 9.59 Å². The molecule has 1 saturated heterocycles. The molecular formula is C25H28N2O6. The topological polar surface area (TPSA) is 95.1 Å². The van der Waals surface area contributed by atoms with E-state index in [1.54, 1.807) is 32.2 Å². The van der Waals surface area contributed by atoms with E-state index in [9.17, 15) is 9.59 Å². The first kappa shape index (κ1) is 22.7. The molecule has 2 aromatic rings. The molecule has 1 fully saturated rings. The second-order valence-corrected chi connectivity index (χ2v) is 7.99. The van der Waals surface area contributed by atoms with Gasteiger partial charge in [-0.1, -0.05) is 36.4 Å². The molecule has 0 bridgehead atoms. The van der Waals surface area contributed by atoms with Crippen LogP contribution in [0.5, 0.6) is 11.5 Å². The van der Waals surface area contributed by atoms with Gasteiger partial charge in [-0.2, -0.15) is 0 Å². The summed E-state index contributed by atoms with van der Waals surface area (Å²) in [6, 6.07) is 14.1. The number of carbonyl (C=O) groups excluding carboxylic acids is 2. The van der Waals surface area contributed by atoms with Crippen molar-refractivity contribution in [2.75, 3.05) is 20.3 Å². The molecule has 0 aromatic heterocycles. The molecule has 2 N–H and O–H groups in total. The Balaban J connectivity index is 1.53. The van der Waals surface area contributed by atoms with Crippen LogP contribution in [0.1, 0.15) is 36.9 Å². The van der Waals surface area contributed by atoms with Crippen molar-refractivity contribution in [3.63, 3.8) is 0 Å². The Hall–Kier alpha value is -3.52. The van der Waals surface area contributed by atoms with Gasteiger partial charge in [0.1, 0.15) is 13.2 Å². The van der Waals surface area contributed by atoms with Crippen LogP contribution in [-0.4, -0.2) is 38.4 Å².